The van der Waals surface area contributed by atoms with Gasteiger partial charge in [0.25, 0.3) is 0 Å². The molecule has 0 aliphatic rings. The molecule has 1 aromatic carbocycles. The van der Waals surface area contributed by atoms with Crippen LogP contribution in [0, 0.1) is 0 Å². The van der Waals surface area contributed by atoms with Gasteiger partial charge < -0.3 is 5.32 Å². The molecule has 0 aliphatic heterocycles. The fraction of sp³-hybridized carbons (Fsp3) is 0.400. The van der Waals surface area contributed by atoms with Crippen LogP contribution in [0.4, 0.5) is 5.69 Å². The van der Waals surface area contributed by atoms with E-state index in [0.717, 1.165) is 18.0 Å². The molecule has 0 saturated carbocycles. The zero-order chi connectivity index (χ0) is 8.97. The van der Waals surface area contributed by atoms with Crippen molar-refractivity contribution < 1.29 is 0 Å². The second kappa shape index (κ2) is 4.36. The lowest BCUT2D eigenvalue weighted by Gasteiger charge is -2.08. The average Bonchev–Trinajstić information content (AvgIpc) is 2.08. The standard InChI is InChI=1S/C10H14ClN/c1-3-8-7-9(11)5-6-10(8)12-4-2/h5-7,12H,3-4H2,1-2H3. The summed E-state index contributed by atoms with van der Waals surface area (Å²) in [6, 6.07) is 5.96. The molecule has 0 heterocycles. The summed E-state index contributed by atoms with van der Waals surface area (Å²) in [7, 11) is 0. The number of hydrogen-bond donors (Lipinski definition) is 1. The molecule has 0 bridgehead atoms. The first-order valence-corrected chi connectivity index (χ1v) is 4.68. The summed E-state index contributed by atoms with van der Waals surface area (Å²) in [5.74, 6) is 0. The molecule has 1 nitrogen and oxygen atoms in total. The van der Waals surface area contributed by atoms with E-state index in [-0.39, 0.29) is 0 Å². The number of rotatable bonds is 3. The molecule has 1 aromatic rings. The summed E-state index contributed by atoms with van der Waals surface area (Å²) in [6.45, 7) is 5.18. The first kappa shape index (κ1) is 9.40. The van der Waals surface area contributed by atoms with Crippen LogP contribution in [0.1, 0.15) is 19.4 Å². The molecule has 0 aliphatic carbocycles. The van der Waals surface area contributed by atoms with Gasteiger partial charge in [0.15, 0.2) is 0 Å². The van der Waals surface area contributed by atoms with Crippen LogP contribution in [-0.4, -0.2) is 6.54 Å². The van der Waals surface area contributed by atoms with Crippen LogP contribution in [-0.2, 0) is 6.42 Å². The smallest absolute Gasteiger partial charge is 0.0410 e. The Bertz CT molecular complexity index is 258. The van der Waals surface area contributed by atoms with Crippen LogP contribution in [0.5, 0.6) is 0 Å². The van der Waals surface area contributed by atoms with E-state index in [1.54, 1.807) is 0 Å². The van der Waals surface area contributed by atoms with Crippen molar-refractivity contribution in [3.63, 3.8) is 0 Å². The maximum atomic E-state index is 5.87. The highest BCUT2D eigenvalue weighted by molar-refractivity contribution is 6.30. The highest BCUT2D eigenvalue weighted by Gasteiger charge is 1.99. The normalized spacial score (nSPS) is 9.92. The molecule has 66 valence electrons. The van der Waals surface area contributed by atoms with Crippen LogP contribution >= 0.6 is 11.6 Å². The zero-order valence-electron chi connectivity index (χ0n) is 7.52. The van der Waals surface area contributed by atoms with Crippen molar-refractivity contribution in [1.82, 2.24) is 0 Å². The molecule has 0 radical (unpaired) electrons. The van der Waals surface area contributed by atoms with Crippen LogP contribution in [0.3, 0.4) is 0 Å². The predicted octanol–water partition coefficient (Wildman–Crippen LogP) is 3.33. The van der Waals surface area contributed by atoms with E-state index in [1.807, 2.05) is 18.2 Å². The van der Waals surface area contributed by atoms with Crippen LogP contribution < -0.4 is 5.32 Å². The van der Waals surface area contributed by atoms with Crippen LogP contribution in [0.15, 0.2) is 18.2 Å². The van der Waals surface area contributed by atoms with Crippen molar-refractivity contribution in [3.05, 3.63) is 28.8 Å². The molecular weight excluding hydrogens is 170 g/mol. The van der Waals surface area contributed by atoms with Gasteiger partial charge in [-0.1, -0.05) is 18.5 Å². The lowest BCUT2D eigenvalue weighted by atomic mass is 10.1. The number of nitrogens with one attached hydrogen (secondary N) is 1. The molecule has 0 aromatic heterocycles. The number of halogens is 1. The first-order chi connectivity index (χ1) is 5.77. The first-order valence-electron chi connectivity index (χ1n) is 4.30. The third-order valence-corrected chi connectivity index (χ3v) is 2.05. The maximum Gasteiger partial charge on any atom is 0.0410 e. The van der Waals surface area contributed by atoms with Gasteiger partial charge in [0.1, 0.15) is 0 Å². The SMILES string of the molecule is CCNc1ccc(Cl)cc1CC. The van der Waals surface area contributed by atoms with Crippen molar-refractivity contribution in [2.24, 2.45) is 0 Å². The van der Waals surface area contributed by atoms with Crippen molar-refractivity contribution >= 4 is 17.3 Å². The Morgan fingerprint density at radius 3 is 2.67 bits per heavy atom. The quantitative estimate of drug-likeness (QED) is 0.758. The minimum atomic E-state index is 0.813. The maximum absolute atomic E-state index is 5.87. The van der Waals surface area contributed by atoms with Crippen molar-refractivity contribution in [2.45, 2.75) is 20.3 Å². The molecule has 1 N–H and O–H groups in total. The number of hydrogen-bond acceptors (Lipinski definition) is 1. The Kier molecular flexibility index (Phi) is 3.42. The summed E-state index contributed by atoms with van der Waals surface area (Å²) < 4.78 is 0. The van der Waals surface area contributed by atoms with Gasteiger partial charge in [0.05, 0.1) is 0 Å². The van der Waals surface area contributed by atoms with Gasteiger partial charge in [-0.05, 0) is 37.1 Å². The molecule has 2 heteroatoms. The van der Waals surface area contributed by atoms with Gasteiger partial charge in [0, 0.05) is 17.3 Å². The van der Waals surface area contributed by atoms with E-state index in [9.17, 15) is 0 Å². The second-order valence-electron chi connectivity index (χ2n) is 2.69. The molecule has 0 saturated heterocycles. The van der Waals surface area contributed by atoms with Crippen LogP contribution in [0.25, 0.3) is 0 Å². The van der Waals surface area contributed by atoms with E-state index in [1.165, 1.54) is 11.3 Å². The Morgan fingerprint density at radius 2 is 2.08 bits per heavy atom. The van der Waals surface area contributed by atoms with E-state index in [2.05, 4.69) is 19.2 Å². The van der Waals surface area contributed by atoms with Crippen molar-refractivity contribution in [2.75, 3.05) is 11.9 Å². The van der Waals surface area contributed by atoms with Gasteiger partial charge >= 0.3 is 0 Å². The molecule has 0 amide bonds. The van der Waals surface area contributed by atoms with E-state index in [4.69, 9.17) is 11.6 Å². The highest BCUT2D eigenvalue weighted by Crippen LogP contribution is 2.20. The van der Waals surface area contributed by atoms with E-state index in [0.29, 0.717) is 0 Å². The summed E-state index contributed by atoms with van der Waals surface area (Å²) in [6.07, 6.45) is 1.02. The number of aryl methyl sites for hydroxylation is 1. The van der Waals surface area contributed by atoms with Gasteiger partial charge in [-0.15, -0.1) is 0 Å². The Morgan fingerprint density at radius 1 is 1.33 bits per heavy atom. The monoisotopic (exact) mass is 183 g/mol. The van der Waals surface area contributed by atoms with E-state index < -0.39 is 0 Å². The number of benzene rings is 1. The lowest BCUT2D eigenvalue weighted by Crippen LogP contribution is -1.99. The fourth-order valence-corrected chi connectivity index (χ4v) is 1.41. The molecule has 0 spiro atoms. The molecule has 0 atom stereocenters. The second-order valence-corrected chi connectivity index (χ2v) is 3.12. The minimum Gasteiger partial charge on any atom is -0.385 e. The minimum absolute atomic E-state index is 0.813. The average molecular weight is 184 g/mol. The topological polar surface area (TPSA) is 12.0 Å². The van der Waals surface area contributed by atoms with Crippen molar-refractivity contribution in [1.29, 1.82) is 0 Å². The third kappa shape index (κ3) is 2.15. The molecule has 0 unspecified atom stereocenters. The van der Waals surface area contributed by atoms with Crippen LogP contribution in [0.2, 0.25) is 5.02 Å². The summed E-state index contributed by atoms with van der Waals surface area (Å²) >= 11 is 5.87. The van der Waals surface area contributed by atoms with E-state index >= 15 is 0 Å². The summed E-state index contributed by atoms with van der Waals surface area (Å²) in [5.41, 5.74) is 2.48. The van der Waals surface area contributed by atoms with Gasteiger partial charge in [-0.2, -0.15) is 0 Å². The Hall–Kier alpha value is -0.690. The zero-order valence-corrected chi connectivity index (χ0v) is 8.28. The third-order valence-electron chi connectivity index (χ3n) is 1.82. The largest absolute Gasteiger partial charge is 0.385 e. The molecule has 0 fully saturated rings. The van der Waals surface area contributed by atoms with Gasteiger partial charge in [0.2, 0.25) is 0 Å². The molecule has 12 heavy (non-hydrogen) atoms. The summed E-state index contributed by atoms with van der Waals surface area (Å²) in [5, 5.41) is 4.11. The van der Waals surface area contributed by atoms with Gasteiger partial charge in [-0.25, -0.2) is 0 Å². The van der Waals surface area contributed by atoms with Gasteiger partial charge in [-0.3, -0.25) is 0 Å². The molecule has 1 rings (SSSR count). The number of anilines is 1. The lowest BCUT2D eigenvalue weighted by molar-refractivity contribution is 1.11. The fourth-order valence-electron chi connectivity index (χ4n) is 1.22. The predicted molar refractivity (Wildman–Crippen MR) is 55.0 cm³/mol. The highest BCUT2D eigenvalue weighted by atomic mass is 35.5. The van der Waals surface area contributed by atoms with Crippen molar-refractivity contribution in [3.8, 4) is 0 Å². The Balaban J connectivity index is 2.94. The Labute approximate surface area is 78.7 Å². The molecular formula is C10H14ClN. The summed E-state index contributed by atoms with van der Waals surface area (Å²) in [4.78, 5) is 0.